The van der Waals surface area contributed by atoms with Gasteiger partial charge >= 0.3 is 0 Å². The molecule has 0 spiro atoms. The third kappa shape index (κ3) is 6.46. The molecule has 8 nitrogen and oxygen atoms in total. The first-order valence-corrected chi connectivity index (χ1v) is 10.0. The van der Waals surface area contributed by atoms with E-state index in [1.54, 1.807) is 54.6 Å². The number of halogens is 1. The summed E-state index contributed by atoms with van der Waals surface area (Å²) in [4.78, 5) is 29.0. The molecule has 0 fully saturated rings. The molecule has 0 saturated carbocycles. The lowest BCUT2D eigenvalue weighted by Gasteiger charge is -2.11. The Balaban J connectivity index is 1.71. The molecule has 9 heteroatoms. The second-order valence-corrected chi connectivity index (χ2v) is 7.14. The molecule has 0 aliphatic carbocycles. The molecule has 158 valence electrons. The number of pyridine rings is 1. The lowest BCUT2D eigenvalue weighted by Crippen LogP contribution is -2.21. The highest BCUT2D eigenvalue weighted by atomic mass is 79.9. The van der Waals surface area contributed by atoms with Crippen LogP contribution in [0.25, 0.3) is 0 Å². The number of amides is 2. The number of hydrogen-bond donors (Lipinski definition) is 3. The first-order valence-electron chi connectivity index (χ1n) is 9.25. The van der Waals surface area contributed by atoms with E-state index >= 15 is 0 Å². The maximum Gasteiger partial charge on any atom is 0.273 e. The summed E-state index contributed by atoms with van der Waals surface area (Å²) in [6.45, 7) is 0.106. The van der Waals surface area contributed by atoms with Crippen LogP contribution in [0.3, 0.4) is 0 Å². The lowest BCUT2D eigenvalue weighted by molar-refractivity contribution is 0.0956. The number of hydrogen-bond acceptors (Lipinski definition) is 6. The number of nitrogens with zero attached hydrogens (tertiary/aromatic N) is 2. The first-order chi connectivity index (χ1) is 15.1. The fourth-order valence-electron chi connectivity index (χ4n) is 2.58. The number of ether oxygens (including phenoxy) is 1. The van der Waals surface area contributed by atoms with Gasteiger partial charge in [0.25, 0.3) is 11.8 Å². The zero-order valence-corrected chi connectivity index (χ0v) is 17.9. The second-order valence-electron chi connectivity index (χ2n) is 6.22. The van der Waals surface area contributed by atoms with Gasteiger partial charge in [0.05, 0.1) is 24.1 Å². The van der Waals surface area contributed by atoms with Crippen LogP contribution in [0.4, 0.5) is 5.69 Å². The van der Waals surface area contributed by atoms with Crippen molar-refractivity contribution in [3.8, 4) is 5.75 Å². The molecule has 2 aromatic carbocycles. The summed E-state index contributed by atoms with van der Waals surface area (Å²) in [6, 6.07) is 15.2. The molecule has 0 saturated heterocycles. The summed E-state index contributed by atoms with van der Waals surface area (Å²) in [6.07, 6.45) is 4.50. The van der Waals surface area contributed by atoms with Crippen LogP contribution < -0.4 is 15.5 Å². The zero-order valence-electron chi connectivity index (χ0n) is 16.3. The van der Waals surface area contributed by atoms with Crippen LogP contribution >= 0.6 is 15.9 Å². The molecule has 1 heterocycles. The largest absolute Gasteiger partial charge is 0.491 e. The van der Waals surface area contributed by atoms with E-state index in [-0.39, 0.29) is 24.7 Å². The van der Waals surface area contributed by atoms with Gasteiger partial charge < -0.3 is 15.2 Å². The van der Waals surface area contributed by atoms with E-state index in [2.05, 4.69) is 36.8 Å². The third-order valence-electron chi connectivity index (χ3n) is 4.01. The average molecular weight is 483 g/mol. The number of aliphatic hydroxyl groups is 1. The van der Waals surface area contributed by atoms with Crippen molar-refractivity contribution in [2.24, 2.45) is 5.10 Å². The summed E-state index contributed by atoms with van der Waals surface area (Å²) in [5, 5.41) is 15.6. The van der Waals surface area contributed by atoms with Gasteiger partial charge in [-0.2, -0.15) is 5.10 Å². The van der Waals surface area contributed by atoms with Crippen molar-refractivity contribution in [1.82, 2.24) is 10.4 Å². The van der Waals surface area contributed by atoms with E-state index in [1.165, 1.54) is 18.6 Å². The highest BCUT2D eigenvalue weighted by Crippen LogP contribution is 2.22. The average Bonchev–Trinajstić information content (AvgIpc) is 2.79. The minimum atomic E-state index is -0.490. The van der Waals surface area contributed by atoms with Crippen LogP contribution in [0.1, 0.15) is 26.3 Å². The molecule has 2 amide bonds. The monoisotopic (exact) mass is 482 g/mol. The van der Waals surface area contributed by atoms with E-state index in [4.69, 9.17) is 9.84 Å². The van der Waals surface area contributed by atoms with Gasteiger partial charge in [-0.15, -0.1) is 0 Å². The minimum absolute atomic E-state index is 0.0823. The highest BCUT2D eigenvalue weighted by molar-refractivity contribution is 9.10. The Morgan fingerprint density at radius 2 is 1.90 bits per heavy atom. The normalized spacial score (nSPS) is 10.6. The van der Waals surface area contributed by atoms with E-state index in [9.17, 15) is 9.59 Å². The topological polar surface area (TPSA) is 113 Å². The van der Waals surface area contributed by atoms with E-state index in [1.807, 2.05) is 0 Å². The van der Waals surface area contributed by atoms with Crippen molar-refractivity contribution < 1.29 is 19.4 Å². The van der Waals surface area contributed by atoms with Crippen molar-refractivity contribution in [1.29, 1.82) is 0 Å². The van der Waals surface area contributed by atoms with Crippen LogP contribution in [-0.4, -0.2) is 41.3 Å². The van der Waals surface area contributed by atoms with Crippen molar-refractivity contribution in [3.63, 3.8) is 0 Å². The van der Waals surface area contributed by atoms with E-state index < -0.39 is 5.91 Å². The van der Waals surface area contributed by atoms with Crippen LogP contribution in [0.15, 0.2) is 76.6 Å². The van der Waals surface area contributed by atoms with E-state index in [0.717, 1.165) is 0 Å². The molecule has 0 radical (unpaired) electrons. The van der Waals surface area contributed by atoms with Crippen LogP contribution in [-0.2, 0) is 0 Å². The zero-order chi connectivity index (χ0) is 22.1. The van der Waals surface area contributed by atoms with Gasteiger partial charge in [0, 0.05) is 22.4 Å². The Bertz CT molecular complexity index is 1090. The molecule has 3 aromatic rings. The maximum absolute atomic E-state index is 12.7. The number of aliphatic hydroxyl groups excluding tert-OH is 1. The standard InChI is InChI=1S/C22H19BrN4O4/c23-17-4-5-20(26-21(29)16-6-8-24-9-7-16)19(13-17)22(30)27-25-14-15-2-1-3-18(12-15)31-11-10-28/h1-9,12-14,28H,10-11H2,(H,26,29)(H,27,30). The Kier molecular flexibility index (Phi) is 7.85. The van der Waals surface area contributed by atoms with Crippen molar-refractivity contribution >= 4 is 39.6 Å². The van der Waals surface area contributed by atoms with Gasteiger partial charge in [-0.25, -0.2) is 5.43 Å². The van der Waals surface area contributed by atoms with Gasteiger partial charge in [-0.3, -0.25) is 14.6 Å². The van der Waals surface area contributed by atoms with Crippen molar-refractivity contribution in [2.75, 3.05) is 18.5 Å². The minimum Gasteiger partial charge on any atom is -0.491 e. The Morgan fingerprint density at radius 1 is 1.10 bits per heavy atom. The summed E-state index contributed by atoms with van der Waals surface area (Å²) < 4.78 is 6.02. The fraction of sp³-hybridized carbons (Fsp3) is 0.0909. The van der Waals surface area contributed by atoms with Crippen molar-refractivity contribution in [2.45, 2.75) is 0 Å². The molecule has 1 aromatic heterocycles. The molecule has 0 aliphatic rings. The van der Waals surface area contributed by atoms with Gasteiger partial charge in [-0.05, 0) is 48.0 Å². The fourth-order valence-corrected chi connectivity index (χ4v) is 2.95. The highest BCUT2D eigenvalue weighted by Gasteiger charge is 2.15. The van der Waals surface area contributed by atoms with Gasteiger partial charge in [0.15, 0.2) is 0 Å². The molecule has 31 heavy (non-hydrogen) atoms. The Labute approximate surface area is 187 Å². The number of carbonyl (C=O) groups excluding carboxylic acids is 2. The predicted molar refractivity (Wildman–Crippen MR) is 120 cm³/mol. The maximum atomic E-state index is 12.7. The lowest BCUT2D eigenvalue weighted by atomic mass is 10.1. The van der Waals surface area contributed by atoms with Crippen LogP contribution in [0.5, 0.6) is 5.75 Å². The second kappa shape index (κ2) is 11.0. The SMILES string of the molecule is O=C(Nc1ccc(Br)cc1C(=O)NN=Cc1cccc(OCCO)c1)c1ccncc1. The molecular weight excluding hydrogens is 464 g/mol. The number of rotatable bonds is 8. The van der Waals surface area contributed by atoms with Gasteiger partial charge in [0.1, 0.15) is 12.4 Å². The summed E-state index contributed by atoms with van der Waals surface area (Å²) in [5.41, 5.74) is 4.17. The molecule has 0 aliphatic heterocycles. The molecule has 3 N–H and O–H groups in total. The number of carbonyl (C=O) groups is 2. The van der Waals surface area contributed by atoms with Crippen LogP contribution in [0.2, 0.25) is 0 Å². The van der Waals surface area contributed by atoms with Gasteiger partial charge in [0.2, 0.25) is 0 Å². The molecule has 0 bridgehead atoms. The predicted octanol–water partition coefficient (Wildman–Crippen LogP) is 3.23. The number of aromatic nitrogens is 1. The Morgan fingerprint density at radius 3 is 2.68 bits per heavy atom. The van der Waals surface area contributed by atoms with E-state index in [0.29, 0.717) is 27.0 Å². The smallest absolute Gasteiger partial charge is 0.273 e. The summed E-state index contributed by atoms with van der Waals surface area (Å²) in [5.74, 6) is -0.269. The molecule has 0 unspecified atom stereocenters. The third-order valence-corrected chi connectivity index (χ3v) is 4.51. The number of nitrogens with one attached hydrogen (secondary N) is 2. The number of anilines is 1. The number of benzene rings is 2. The molecule has 0 atom stereocenters. The van der Waals surface area contributed by atoms with Gasteiger partial charge in [-0.1, -0.05) is 28.1 Å². The van der Waals surface area contributed by atoms with Crippen molar-refractivity contribution in [3.05, 3.63) is 88.2 Å². The first kappa shape index (κ1) is 22.1. The Hall–Kier alpha value is -3.56. The molecular formula is C22H19BrN4O4. The quantitative estimate of drug-likeness (QED) is 0.337. The summed E-state index contributed by atoms with van der Waals surface area (Å²) >= 11 is 3.34. The molecule has 3 rings (SSSR count). The number of hydrazone groups is 1. The van der Waals surface area contributed by atoms with Crippen LogP contribution in [0, 0.1) is 0 Å². The summed E-state index contributed by atoms with van der Waals surface area (Å²) in [7, 11) is 0.